The van der Waals surface area contributed by atoms with Crippen LogP contribution in [0, 0.1) is 28.6 Å². The summed E-state index contributed by atoms with van der Waals surface area (Å²) in [6.07, 6.45) is 0.786. The fraction of sp³-hybridized carbons (Fsp3) is 0.690. The largest absolute Gasteiger partial charge is 0.458 e. The van der Waals surface area contributed by atoms with Crippen molar-refractivity contribution in [1.82, 2.24) is 0 Å². The Morgan fingerprint density at radius 2 is 1.82 bits per heavy atom. The van der Waals surface area contributed by atoms with Gasteiger partial charge < -0.3 is 24.4 Å². The summed E-state index contributed by atoms with van der Waals surface area (Å²) in [7, 11) is 0. The van der Waals surface area contributed by atoms with Crippen LogP contribution in [0.3, 0.4) is 0 Å². The van der Waals surface area contributed by atoms with E-state index in [4.69, 9.17) is 18.9 Å². The van der Waals surface area contributed by atoms with E-state index in [1.165, 1.54) is 13.8 Å². The second-order valence-corrected chi connectivity index (χ2v) is 11.2. The monoisotopic (exact) mass is 534 g/mol. The highest BCUT2D eigenvalue weighted by Crippen LogP contribution is 2.67. The van der Waals surface area contributed by atoms with Crippen LogP contribution in [-0.4, -0.2) is 59.0 Å². The molecule has 1 aliphatic heterocycles. The van der Waals surface area contributed by atoms with Crippen LogP contribution < -0.4 is 0 Å². The van der Waals surface area contributed by atoms with Crippen LogP contribution in [-0.2, 0) is 33.3 Å². The van der Waals surface area contributed by atoms with Gasteiger partial charge in [-0.05, 0) is 49.5 Å². The summed E-state index contributed by atoms with van der Waals surface area (Å²) in [6, 6.07) is 0. The lowest BCUT2D eigenvalue weighted by Gasteiger charge is -2.61. The molecule has 0 aromatic rings. The number of hydrogen-bond donors (Lipinski definition) is 2. The highest BCUT2D eigenvalue weighted by molar-refractivity contribution is 5.72. The second kappa shape index (κ2) is 11.3. The van der Waals surface area contributed by atoms with Gasteiger partial charge in [-0.25, -0.2) is 0 Å². The molecule has 9 nitrogen and oxygen atoms in total. The van der Waals surface area contributed by atoms with Crippen LogP contribution in [0.5, 0.6) is 0 Å². The zero-order chi connectivity index (χ0) is 28.6. The molecule has 0 aromatic heterocycles. The molecule has 10 atom stereocenters. The minimum absolute atomic E-state index is 0.283. The third kappa shape index (κ3) is 5.08. The predicted molar refractivity (Wildman–Crippen MR) is 138 cm³/mol. The van der Waals surface area contributed by atoms with E-state index in [1.54, 1.807) is 19.1 Å². The molecule has 0 aromatic carbocycles. The van der Waals surface area contributed by atoms with E-state index in [0.29, 0.717) is 18.4 Å². The molecule has 1 saturated carbocycles. The highest BCUT2D eigenvalue weighted by Gasteiger charge is 2.73. The number of aliphatic hydroxyl groups is 2. The molecule has 0 bridgehead atoms. The van der Waals surface area contributed by atoms with Gasteiger partial charge in [0.05, 0.1) is 23.5 Å². The molecule has 0 radical (unpaired) electrons. The number of carbonyl (C=O) groups is 3. The Morgan fingerprint density at radius 1 is 1.18 bits per heavy atom. The molecule has 1 spiro atoms. The number of ether oxygens (including phenoxy) is 4. The minimum atomic E-state index is -1.44. The Bertz CT molecular complexity index is 1020. The first kappa shape index (κ1) is 30.1. The van der Waals surface area contributed by atoms with E-state index in [9.17, 15) is 24.6 Å². The number of aliphatic hydroxyl groups excluding tert-OH is 2. The molecule has 2 aliphatic carbocycles. The average molecular weight is 535 g/mol. The highest BCUT2D eigenvalue weighted by atomic mass is 16.8. The smallest absolute Gasteiger partial charge is 0.309 e. The lowest BCUT2D eigenvalue weighted by Crippen LogP contribution is -2.68. The fourth-order valence-electron chi connectivity index (χ4n) is 6.34. The third-order valence-electron chi connectivity index (χ3n) is 8.98. The summed E-state index contributed by atoms with van der Waals surface area (Å²) in [6.45, 7) is 15.8. The first-order valence-corrected chi connectivity index (χ1v) is 13.3. The van der Waals surface area contributed by atoms with Crippen LogP contribution in [0.4, 0.5) is 0 Å². The predicted octanol–water partition coefficient (Wildman–Crippen LogP) is 3.59. The molecular formula is C29H42O9. The zero-order valence-corrected chi connectivity index (χ0v) is 23.4. The fourth-order valence-corrected chi connectivity index (χ4v) is 6.34. The van der Waals surface area contributed by atoms with Crippen LogP contribution >= 0.6 is 0 Å². The summed E-state index contributed by atoms with van der Waals surface area (Å²) in [5.74, 6) is -2.89. The maximum Gasteiger partial charge on any atom is 0.309 e. The molecule has 0 unspecified atom stereocenters. The number of allylic oxidation sites excluding steroid dienone is 3. The maximum absolute atomic E-state index is 12.8. The second-order valence-electron chi connectivity index (χ2n) is 11.2. The van der Waals surface area contributed by atoms with Crippen molar-refractivity contribution in [1.29, 1.82) is 0 Å². The number of esters is 3. The molecule has 2 fully saturated rings. The Kier molecular flexibility index (Phi) is 8.95. The van der Waals surface area contributed by atoms with Gasteiger partial charge >= 0.3 is 17.9 Å². The van der Waals surface area contributed by atoms with Crippen molar-refractivity contribution in [2.24, 2.45) is 28.6 Å². The van der Waals surface area contributed by atoms with Gasteiger partial charge in [-0.2, -0.15) is 0 Å². The molecule has 1 saturated heterocycles. The van der Waals surface area contributed by atoms with Crippen molar-refractivity contribution in [3.05, 3.63) is 36.0 Å². The van der Waals surface area contributed by atoms with Crippen LogP contribution in [0.1, 0.15) is 67.7 Å². The average Bonchev–Trinajstić information content (AvgIpc) is 3.15. The van der Waals surface area contributed by atoms with E-state index in [1.807, 2.05) is 33.8 Å². The van der Waals surface area contributed by atoms with Crippen molar-refractivity contribution in [3.63, 3.8) is 0 Å². The third-order valence-corrected chi connectivity index (χ3v) is 8.98. The van der Waals surface area contributed by atoms with Gasteiger partial charge in [0, 0.05) is 19.4 Å². The molecule has 2 N–H and O–H groups in total. The molecule has 9 heteroatoms. The van der Waals surface area contributed by atoms with E-state index >= 15 is 0 Å². The van der Waals surface area contributed by atoms with E-state index in [0.717, 1.165) is 5.57 Å². The Labute approximate surface area is 224 Å². The number of rotatable bonds is 8. The standard InChI is InChI=1S/C29H42O9/c1-9-15(3)11-12-28(8)17(5)23(32)24(33)29-21(26(35-18(6)30)38-27(29)36-19(7)31)13-20(14-22(28)29)37-25(34)16(4)10-2/h9,11,13,16-17,20,22-24,26-27,32-33H,1,10,12,14H2,2-8H3/b15-11+/t16-,17-,20+,22-,23+,24+,26+,27-,28+,29+/m1/s1. The number of carbonyl (C=O) groups excluding carboxylic acids is 3. The van der Waals surface area contributed by atoms with Crippen LogP contribution in [0.15, 0.2) is 36.0 Å². The van der Waals surface area contributed by atoms with Gasteiger partial charge in [0.2, 0.25) is 12.6 Å². The van der Waals surface area contributed by atoms with E-state index < -0.39 is 65.5 Å². The molecule has 1 heterocycles. The SMILES string of the molecule is C=C/C(C)=C/C[C@@]1(C)[C@H](C)[C@H](O)[C@H](O)[C@]23C(=C[C@H](OC(=O)[C@H](C)CC)C[C@H]12)[C@@H](OC(C)=O)O[C@H]3OC(C)=O. The van der Waals surface area contributed by atoms with E-state index in [-0.39, 0.29) is 18.3 Å². The molecule has 0 amide bonds. The lowest BCUT2D eigenvalue weighted by atomic mass is 9.44. The molecule has 3 rings (SSSR count). The summed E-state index contributed by atoms with van der Waals surface area (Å²) >= 11 is 0. The Morgan fingerprint density at radius 3 is 2.37 bits per heavy atom. The van der Waals surface area contributed by atoms with Crippen LogP contribution in [0.25, 0.3) is 0 Å². The van der Waals surface area contributed by atoms with Gasteiger partial charge in [-0.15, -0.1) is 0 Å². The van der Waals surface area contributed by atoms with Crippen molar-refractivity contribution in [2.75, 3.05) is 0 Å². The van der Waals surface area contributed by atoms with Crippen molar-refractivity contribution < 1.29 is 43.5 Å². The van der Waals surface area contributed by atoms with E-state index in [2.05, 4.69) is 6.58 Å². The molecule has 38 heavy (non-hydrogen) atoms. The molecule has 212 valence electrons. The van der Waals surface area contributed by atoms with Gasteiger partial charge in [0.25, 0.3) is 0 Å². The van der Waals surface area contributed by atoms with Crippen molar-refractivity contribution in [2.45, 2.75) is 98.6 Å². The first-order chi connectivity index (χ1) is 17.7. The van der Waals surface area contributed by atoms with Gasteiger partial charge in [0.1, 0.15) is 6.10 Å². The number of hydrogen-bond acceptors (Lipinski definition) is 9. The van der Waals surface area contributed by atoms with Crippen LogP contribution in [0.2, 0.25) is 0 Å². The summed E-state index contributed by atoms with van der Waals surface area (Å²) in [4.78, 5) is 37.0. The topological polar surface area (TPSA) is 129 Å². The van der Waals surface area contributed by atoms with Crippen molar-refractivity contribution >= 4 is 17.9 Å². The normalized spacial score (nSPS) is 39.2. The lowest BCUT2D eigenvalue weighted by molar-refractivity contribution is -0.273. The van der Waals surface area contributed by atoms with Gasteiger partial charge in [0.15, 0.2) is 0 Å². The maximum atomic E-state index is 12.8. The summed E-state index contributed by atoms with van der Waals surface area (Å²) < 4.78 is 23.0. The Balaban J connectivity index is 2.26. The zero-order valence-electron chi connectivity index (χ0n) is 23.4. The van der Waals surface area contributed by atoms with Gasteiger partial charge in [-0.3, -0.25) is 19.1 Å². The quantitative estimate of drug-likeness (QED) is 0.208. The van der Waals surface area contributed by atoms with Crippen molar-refractivity contribution in [3.8, 4) is 0 Å². The summed E-state index contributed by atoms with van der Waals surface area (Å²) in [5, 5.41) is 23.2. The Hall–Kier alpha value is -2.49. The first-order valence-electron chi connectivity index (χ1n) is 13.3. The molecule has 3 aliphatic rings. The minimum Gasteiger partial charge on any atom is -0.458 e. The summed E-state index contributed by atoms with van der Waals surface area (Å²) in [5.41, 5.74) is -0.861. The van der Waals surface area contributed by atoms with Gasteiger partial charge in [-0.1, -0.05) is 52.0 Å². The molecular weight excluding hydrogens is 492 g/mol.